The van der Waals surface area contributed by atoms with E-state index < -0.39 is 5.54 Å². The van der Waals surface area contributed by atoms with Gasteiger partial charge in [0, 0.05) is 6.42 Å². The first-order valence-electron chi connectivity index (χ1n) is 6.37. The van der Waals surface area contributed by atoms with E-state index in [1.54, 1.807) is 0 Å². The van der Waals surface area contributed by atoms with E-state index in [9.17, 15) is 0 Å². The van der Waals surface area contributed by atoms with Crippen LogP contribution in [0.3, 0.4) is 0 Å². The molecule has 98 valence electrons. The summed E-state index contributed by atoms with van der Waals surface area (Å²) < 4.78 is 5.77. The van der Waals surface area contributed by atoms with Crippen LogP contribution in [0.25, 0.3) is 0 Å². The maximum absolute atomic E-state index is 9.14. The SMILES string of the molecule is CCNC(C)(C#N)CCOc1cc(C)ccc1C. The molecule has 0 aliphatic rings. The average molecular weight is 246 g/mol. The van der Waals surface area contributed by atoms with Gasteiger partial charge in [-0.15, -0.1) is 0 Å². The van der Waals surface area contributed by atoms with Crippen molar-refractivity contribution in [1.82, 2.24) is 5.32 Å². The van der Waals surface area contributed by atoms with Gasteiger partial charge in [-0.05, 0) is 44.5 Å². The van der Waals surface area contributed by atoms with E-state index in [1.807, 2.05) is 33.8 Å². The van der Waals surface area contributed by atoms with Gasteiger partial charge in [-0.1, -0.05) is 19.1 Å². The van der Waals surface area contributed by atoms with Crippen LogP contribution in [0.15, 0.2) is 18.2 Å². The van der Waals surface area contributed by atoms with Crippen LogP contribution in [-0.2, 0) is 0 Å². The molecule has 0 bridgehead atoms. The molecule has 18 heavy (non-hydrogen) atoms. The second-order valence-electron chi connectivity index (χ2n) is 4.84. The van der Waals surface area contributed by atoms with Crippen molar-refractivity contribution in [1.29, 1.82) is 5.26 Å². The van der Waals surface area contributed by atoms with Gasteiger partial charge < -0.3 is 4.74 Å². The molecule has 0 fully saturated rings. The van der Waals surface area contributed by atoms with Crippen LogP contribution in [0, 0.1) is 25.2 Å². The molecule has 1 rings (SSSR count). The molecule has 0 spiro atoms. The van der Waals surface area contributed by atoms with Gasteiger partial charge in [0.2, 0.25) is 0 Å². The quantitative estimate of drug-likeness (QED) is 0.839. The van der Waals surface area contributed by atoms with Crippen molar-refractivity contribution in [3.63, 3.8) is 0 Å². The molecule has 1 unspecified atom stereocenters. The summed E-state index contributed by atoms with van der Waals surface area (Å²) in [6.07, 6.45) is 0.671. The molecule has 0 aliphatic heterocycles. The Hall–Kier alpha value is -1.53. The number of hydrogen-bond acceptors (Lipinski definition) is 3. The van der Waals surface area contributed by atoms with Crippen LogP contribution in [0.1, 0.15) is 31.4 Å². The van der Waals surface area contributed by atoms with Crippen molar-refractivity contribution in [2.75, 3.05) is 13.2 Å². The van der Waals surface area contributed by atoms with Gasteiger partial charge in [-0.2, -0.15) is 5.26 Å². The monoisotopic (exact) mass is 246 g/mol. The number of aryl methyl sites for hydroxylation is 2. The van der Waals surface area contributed by atoms with Crippen LogP contribution in [0.4, 0.5) is 0 Å². The number of rotatable bonds is 6. The minimum atomic E-state index is -0.507. The van der Waals surface area contributed by atoms with E-state index in [0.29, 0.717) is 13.0 Å². The largest absolute Gasteiger partial charge is 0.493 e. The van der Waals surface area contributed by atoms with Crippen LogP contribution in [-0.4, -0.2) is 18.7 Å². The van der Waals surface area contributed by atoms with Crippen molar-refractivity contribution in [2.45, 2.75) is 39.7 Å². The number of ether oxygens (including phenoxy) is 1. The third kappa shape index (κ3) is 4.05. The summed E-state index contributed by atoms with van der Waals surface area (Å²) in [6.45, 7) is 9.31. The lowest BCUT2D eigenvalue weighted by atomic mass is 10.0. The lowest BCUT2D eigenvalue weighted by Crippen LogP contribution is -2.42. The van der Waals surface area contributed by atoms with E-state index in [0.717, 1.165) is 17.9 Å². The Balaban J connectivity index is 2.56. The highest BCUT2D eigenvalue weighted by Gasteiger charge is 2.22. The Kier molecular flexibility index (Phi) is 5.18. The zero-order valence-corrected chi connectivity index (χ0v) is 11.7. The van der Waals surface area contributed by atoms with Crippen molar-refractivity contribution >= 4 is 0 Å². The van der Waals surface area contributed by atoms with E-state index in [4.69, 9.17) is 10.00 Å². The highest BCUT2D eigenvalue weighted by molar-refractivity contribution is 5.35. The summed E-state index contributed by atoms with van der Waals surface area (Å²) in [7, 11) is 0. The summed E-state index contributed by atoms with van der Waals surface area (Å²) in [5.41, 5.74) is 1.81. The van der Waals surface area contributed by atoms with Crippen molar-refractivity contribution in [3.8, 4) is 11.8 Å². The van der Waals surface area contributed by atoms with Crippen LogP contribution < -0.4 is 10.1 Å². The molecule has 3 nitrogen and oxygen atoms in total. The molecule has 0 amide bonds. The zero-order valence-electron chi connectivity index (χ0n) is 11.7. The minimum Gasteiger partial charge on any atom is -0.493 e. The van der Waals surface area contributed by atoms with E-state index >= 15 is 0 Å². The molecule has 1 N–H and O–H groups in total. The van der Waals surface area contributed by atoms with Gasteiger partial charge in [0.15, 0.2) is 0 Å². The van der Waals surface area contributed by atoms with E-state index in [2.05, 4.69) is 23.5 Å². The summed E-state index contributed by atoms with van der Waals surface area (Å²) >= 11 is 0. The summed E-state index contributed by atoms with van der Waals surface area (Å²) in [6, 6.07) is 8.46. The van der Waals surface area contributed by atoms with E-state index in [-0.39, 0.29) is 0 Å². The fourth-order valence-corrected chi connectivity index (χ4v) is 1.80. The molecule has 1 atom stereocenters. The maximum Gasteiger partial charge on any atom is 0.122 e. The van der Waals surface area contributed by atoms with Crippen molar-refractivity contribution < 1.29 is 4.74 Å². The number of nitrogens with zero attached hydrogens (tertiary/aromatic N) is 1. The van der Waals surface area contributed by atoms with Gasteiger partial charge in [-0.3, -0.25) is 5.32 Å². The topological polar surface area (TPSA) is 45.0 Å². The number of nitrogens with one attached hydrogen (secondary N) is 1. The summed E-state index contributed by atoms with van der Waals surface area (Å²) in [5.74, 6) is 0.909. The highest BCUT2D eigenvalue weighted by atomic mass is 16.5. The third-order valence-corrected chi connectivity index (χ3v) is 3.02. The van der Waals surface area contributed by atoms with Crippen molar-refractivity contribution in [3.05, 3.63) is 29.3 Å². The molecule has 0 saturated heterocycles. The molecule has 1 aromatic rings. The van der Waals surface area contributed by atoms with Gasteiger partial charge in [-0.25, -0.2) is 0 Å². The average Bonchev–Trinajstić information content (AvgIpc) is 2.34. The summed E-state index contributed by atoms with van der Waals surface area (Å²) in [4.78, 5) is 0. The van der Waals surface area contributed by atoms with Gasteiger partial charge in [0.1, 0.15) is 11.3 Å². The molecule has 0 heterocycles. The fourth-order valence-electron chi connectivity index (χ4n) is 1.80. The second-order valence-corrected chi connectivity index (χ2v) is 4.84. The Labute approximate surface area is 110 Å². The van der Waals surface area contributed by atoms with E-state index in [1.165, 1.54) is 5.56 Å². The van der Waals surface area contributed by atoms with Crippen molar-refractivity contribution in [2.24, 2.45) is 0 Å². The standard InChI is InChI=1S/C15H22N2O/c1-5-17-15(4,11-16)8-9-18-14-10-12(2)6-7-13(14)3/h6-7,10,17H,5,8-9H2,1-4H3. The molecule has 0 saturated carbocycles. The first kappa shape index (κ1) is 14.5. The molecular weight excluding hydrogens is 224 g/mol. The number of benzene rings is 1. The van der Waals surface area contributed by atoms with Crippen LogP contribution in [0.2, 0.25) is 0 Å². The lowest BCUT2D eigenvalue weighted by Gasteiger charge is -2.22. The van der Waals surface area contributed by atoms with Gasteiger partial charge >= 0.3 is 0 Å². The summed E-state index contributed by atoms with van der Waals surface area (Å²) in [5, 5.41) is 12.3. The second kappa shape index (κ2) is 6.42. The normalized spacial score (nSPS) is 13.7. The molecule has 3 heteroatoms. The first-order valence-corrected chi connectivity index (χ1v) is 6.37. The molecule has 0 aromatic heterocycles. The molecule has 0 radical (unpaired) electrons. The van der Waals surface area contributed by atoms with Crippen LogP contribution >= 0.6 is 0 Å². The Bertz CT molecular complexity index is 437. The number of hydrogen-bond donors (Lipinski definition) is 1. The zero-order chi connectivity index (χ0) is 13.6. The highest BCUT2D eigenvalue weighted by Crippen LogP contribution is 2.20. The molecular formula is C15H22N2O. The Morgan fingerprint density at radius 1 is 1.39 bits per heavy atom. The molecule has 1 aromatic carbocycles. The molecule has 0 aliphatic carbocycles. The predicted molar refractivity (Wildman–Crippen MR) is 73.7 cm³/mol. The smallest absolute Gasteiger partial charge is 0.122 e. The Morgan fingerprint density at radius 3 is 2.72 bits per heavy atom. The number of nitriles is 1. The van der Waals surface area contributed by atoms with Gasteiger partial charge in [0.25, 0.3) is 0 Å². The predicted octanol–water partition coefficient (Wildman–Crippen LogP) is 2.96. The van der Waals surface area contributed by atoms with Crippen LogP contribution in [0.5, 0.6) is 5.75 Å². The minimum absolute atomic E-state index is 0.507. The van der Waals surface area contributed by atoms with Gasteiger partial charge in [0.05, 0.1) is 12.7 Å². The Morgan fingerprint density at radius 2 is 2.11 bits per heavy atom. The maximum atomic E-state index is 9.14. The first-order chi connectivity index (χ1) is 8.50. The third-order valence-electron chi connectivity index (χ3n) is 3.02. The fraction of sp³-hybridized carbons (Fsp3) is 0.533. The lowest BCUT2D eigenvalue weighted by molar-refractivity contribution is 0.267.